The molecule has 0 aliphatic heterocycles. The van der Waals surface area contributed by atoms with Gasteiger partial charge in [0.25, 0.3) is 5.69 Å². The Labute approximate surface area is 173 Å². The Balaban J connectivity index is 1.73. The van der Waals surface area contributed by atoms with Crippen molar-refractivity contribution in [3.05, 3.63) is 87.2 Å². The molecule has 0 aliphatic rings. The lowest BCUT2D eigenvalue weighted by molar-refractivity contribution is -0.384. The third-order valence-electron chi connectivity index (χ3n) is 4.67. The summed E-state index contributed by atoms with van der Waals surface area (Å²) >= 11 is 0. The van der Waals surface area contributed by atoms with Crippen molar-refractivity contribution in [3.8, 4) is 11.5 Å². The van der Waals surface area contributed by atoms with E-state index in [4.69, 9.17) is 9.47 Å². The normalized spacial score (nSPS) is 10.9. The lowest BCUT2D eigenvalue weighted by Gasteiger charge is -2.11. The molecule has 0 aliphatic carbocycles. The first-order chi connectivity index (χ1) is 14.4. The Bertz CT molecular complexity index is 1100. The van der Waals surface area contributed by atoms with Crippen molar-refractivity contribution < 1.29 is 19.2 Å². The van der Waals surface area contributed by atoms with E-state index in [-0.39, 0.29) is 18.1 Å². The number of nitro groups is 1. The molecule has 0 radical (unpaired) electrons. The number of hydrogen-bond acceptors (Lipinski definition) is 6. The van der Waals surface area contributed by atoms with Gasteiger partial charge >= 0.3 is 0 Å². The highest BCUT2D eigenvalue weighted by Gasteiger charge is 2.11. The number of methoxy groups -OCH3 is 1. The van der Waals surface area contributed by atoms with Crippen LogP contribution >= 0.6 is 0 Å². The quantitative estimate of drug-likeness (QED) is 0.241. The molecule has 154 valence electrons. The minimum Gasteiger partial charge on any atom is -0.496 e. The smallest absolute Gasteiger partial charge is 0.269 e. The molecule has 0 fully saturated rings. The van der Waals surface area contributed by atoms with E-state index < -0.39 is 4.92 Å². The van der Waals surface area contributed by atoms with Crippen LogP contribution in [-0.2, 0) is 13.7 Å². The summed E-state index contributed by atoms with van der Waals surface area (Å²) in [5.41, 5.74) is 2.96. The van der Waals surface area contributed by atoms with E-state index in [1.807, 2.05) is 19.1 Å². The van der Waals surface area contributed by atoms with Crippen LogP contribution in [0.1, 0.15) is 27.2 Å². The first-order valence-electron chi connectivity index (χ1n) is 9.14. The summed E-state index contributed by atoms with van der Waals surface area (Å²) in [6, 6.07) is 11.4. The van der Waals surface area contributed by atoms with E-state index in [0.717, 1.165) is 16.8 Å². The number of rotatable bonds is 8. The van der Waals surface area contributed by atoms with Crippen molar-refractivity contribution in [1.29, 1.82) is 0 Å². The van der Waals surface area contributed by atoms with Gasteiger partial charge in [0.05, 0.1) is 23.8 Å². The Kier molecular flexibility index (Phi) is 6.26. The number of carbonyl (C=O) groups is 1. The molecule has 8 heteroatoms. The van der Waals surface area contributed by atoms with Gasteiger partial charge in [0.1, 0.15) is 18.1 Å². The second-order valence-corrected chi connectivity index (χ2v) is 6.58. The van der Waals surface area contributed by atoms with Crippen LogP contribution in [0.4, 0.5) is 5.69 Å². The molecule has 2 aromatic carbocycles. The van der Waals surface area contributed by atoms with Gasteiger partial charge in [0.2, 0.25) is 0 Å². The highest BCUT2D eigenvalue weighted by molar-refractivity contribution is 6.07. The summed E-state index contributed by atoms with van der Waals surface area (Å²) in [5.74, 6) is 1.02. The van der Waals surface area contributed by atoms with Gasteiger partial charge < -0.3 is 9.47 Å². The van der Waals surface area contributed by atoms with Crippen molar-refractivity contribution in [2.45, 2.75) is 13.5 Å². The average Bonchev–Trinajstić information content (AvgIpc) is 3.09. The van der Waals surface area contributed by atoms with Crippen LogP contribution < -0.4 is 9.47 Å². The highest BCUT2D eigenvalue weighted by Crippen LogP contribution is 2.24. The number of benzene rings is 2. The van der Waals surface area contributed by atoms with E-state index in [0.29, 0.717) is 17.1 Å². The van der Waals surface area contributed by atoms with Crippen LogP contribution in [0.2, 0.25) is 0 Å². The van der Waals surface area contributed by atoms with E-state index >= 15 is 0 Å². The molecular weight excluding hydrogens is 386 g/mol. The van der Waals surface area contributed by atoms with Crippen molar-refractivity contribution in [2.75, 3.05) is 7.11 Å². The predicted molar refractivity (Wildman–Crippen MR) is 112 cm³/mol. The minimum atomic E-state index is -0.461. The molecule has 0 spiro atoms. The van der Waals surface area contributed by atoms with Gasteiger partial charge in [-0.25, -0.2) is 0 Å². The van der Waals surface area contributed by atoms with Gasteiger partial charge in [-0.3, -0.25) is 19.6 Å². The molecule has 0 saturated heterocycles. The van der Waals surface area contributed by atoms with Gasteiger partial charge in [-0.05, 0) is 42.8 Å². The molecule has 1 heterocycles. The number of ether oxygens (including phenoxy) is 2. The molecule has 3 aromatic rings. The second-order valence-electron chi connectivity index (χ2n) is 6.58. The standard InChI is InChI=1S/C22H21N3O5/c1-15-20(13-23-24(15)2)21(26)10-4-16-5-11-22(29-3)17(12-16)14-30-19-8-6-18(7-9-19)25(27)28/h4-13H,14H2,1-3H3/b10-4+. The summed E-state index contributed by atoms with van der Waals surface area (Å²) in [4.78, 5) is 22.7. The third kappa shape index (κ3) is 4.72. The number of carbonyl (C=O) groups excluding carboxylic acids is 1. The fourth-order valence-electron chi connectivity index (χ4n) is 2.84. The predicted octanol–water partition coefficient (Wildman–Crippen LogP) is 4.12. The molecule has 0 bridgehead atoms. The van der Waals surface area contributed by atoms with Gasteiger partial charge in [0, 0.05) is 30.4 Å². The molecule has 8 nitrogen and oxygen atoms in total. The van der Waals surface area contributed by atoms with Crippen molar-refractivity contribution in [1.82, 2.24) is 9.78 Å². The summed E-state index contributed by atoms with van der Waals surface area (Å²) in [5, 5.41) is 14.8. The Hall–Kier alpha value is -3.94. The molecule has 0 N–H and O–H groups in total. The first kappa shape index (κ1) is 20.8. The second kappa shape index (κ2) is 9.04. The van der Waals surface area contributed by atoms with Crippen LogP contribution in [0.25, 0.3) is 6.08 Å². The fraction of sp³-hybridized carbons (Fsp3) is 0.182. The summed E-state index contributed by atoms with van der Waals surface area (Å²) in [7, 11) is 3.35. The van der Waals surface area contributed by atoms with Crippen molar-refractivity contribution >= 4 is 17.5 Å². The zero-order valence-electron chi connectivity index (χ0n) is 16.9. The first-order valence-corrected chi connectivity index (χ1v) is 9.14. The van der Waals surface area contributed by atoms with Crippen LogP contribution in [0.15, 0.2) is 54.7 Å². The fourth-order valence-corrected chi connectivity index (χ4v) is 2.84. The topological polar surface area (TPSA) is 96.5 Å². The summed E-state index contributed by atoms with van der Waals surface area (Å²) < 4.78 is 12.8. The van der Waals surface area contributed by atoms with E-state index in [1.165, 1.54) is 18.2 Å². The molecule has 0 atom stereocenters. The largest absolute Gasteiger partial charge is 0.496 e. The maximum Gasteiger partial charge on any atom is 0.269 e. The molecule has 30 heavy (non-hydrogen) atoms. The summed E-state index contributed by atoms with van der Waals surface area (Å²) in [6.45, 7) is 2.05. The molecule has 3 rings (SSSR count). The number of non-ortho nitro benzene ring substituents is 1. The molecular formula is C22H21N3O5. The zero-order valence-corrected chi connectivity index (χ0v) is 16.9. The number of nitrogens with zero attached hydrogens (tertiary/aromatic N) is 3. The lowest BCUT2D eigenvalue weighted by atomic mass is 10.1. The van der Waals surface area contributed by atoms with Crippen molar-refractivity contribution in [3.63, 3.8) is 0 Å². The van der Waals surface area contributed by atoms with Crippen molar-refractivity contribution in [2.24, 2.45) is 7.05 Å². The van der Waals surface area contributed by atoms with Crippen LogP contribution in [0.3, 0.4) is 0 Å². The van der Waals surface area contributed by atoms with Gasteiger partial charge in [-0.2, -0.15) is 5.10 Å². The Morgan fingerprint density at radius 3 is 2.57 bits per heavy atom. The minimum absolute atomic E-state index is 0.000542. The maximum atomic E-state index is 12.4. The van der Waals surface area contributed by atoms with E-state index in [9.17, 15) is 14.9 Å². The Morgan fingerprint density at radius 1 is 1.23 bits per heavy atom. The number of allylic oxidation sites excluding steroid dienone is 1. The van der Waals surface area contributed by atoms with Crippen LogP contribution in [0.5, 0.6) is 11.5 Å². The number of aromatic nitrogens is 2. The molecule has 0 unspecified atom stereocenters. The highest BCUT2D eigenvalue weighted by atomic mass is 16.6. The molecule has 0 amide bonds. The van der Waals surface area contributed by atoms with Crippen LogP contribution in [-0.4, -0.2) is 27.6 Å². The SMILES string of the molecule is COc1ccc(/C=C/C(=O)c2cnn(C)c2C)cc1COc1ccc([N+](=O)[O-])cc1. The number of ketones is 1. The third-order valence-corrected chi connectivity index (χ3v) is 4.67. The molecule has 1 aromatic heterocycles. The average molecular weight is 407 g/mol. The molecule has 0 saturated carbocycles. The monoisotopic (exact) mass is 407 g/mol. The zero-order chi connectivity index (χ0) is 21.7. The Morgan fingerprint density at radius 2 is 1.97 bits per heavy atom. The van der Waals surface area contributed by atoms with E-state index in [1.54, 1.807) is 49.3 Å². The number of nitro benzene ring substituents is 1. The maximum absolute atomic E-state index is 12.4. The lowest BCUT2D eigenvalue weighted by Crippen LogP contribution is -2.00. The van der Waals surface area contributed by atoms with Gasteiger partial charge in [-0.15, -0.1) is 0 Å². The van der Waals surface area contributed by atoms with Gasteiger partial charge in [0.15, 0.2) is 5.78 Å². The van der Waals surface area contributed by atoms with Gasteiger partial charge in [-0.1, -0.05) is 12.1 Å². The summed E-state index contributed by atoms with van der Waals surface area (Å²) in [6.07, 6.45) is 4.79. The number of aryl methyl sites for hydroxylation is 1. The van der Waals surface area contributed by atoms with Crippen LogP contribution in [0, 0.1) is 17.0 Å². The number of hydrogen-bond donors (Lipinski definition) is 0. The van der Waals surface area contributed by atoms with E-state index in [2.05, 4.69) is 5.10 Å².